The number of alkyl halides is 2. The Labute approximate surface area is 167 Å². The van der Waals surface area contributed by atoms with E-state index in [1.54, 1.807) is 6.92 Å². The molecule has 0 spiro atoms. The number of anilines is 1. The number of nitrogens with one attached hydrogen (secondary N) is 1. The van der Waals surface area contributed by atoms with Crippen LogP contribution in [0.5, 0.6) is 5.75 Å². The molecule has 0 aliphatic heterocycles. The number of nitrogens with zero attached hydrogens (tertiary/aromatic N) is 1. The number of rotatable bonds is 7. The van der Waals surface area contributed by atoms with Crippen LogP contribution in [0.1, 0.15) is 13.3 Å². The minimum absolute atomic E-state index is 0.0276. The van der Waals surface area contributed by atoms with Crippen molar-refractivity contribution in [2.45, 2.75) is 22.6 Å². The SMILES string of the molecule is COc1ccc(S(=O)(=O)N(C)C)cc1NC(=O)COC(=O)C1(C)CC1(Cl)Cl. The van der Waals surface area contributed by atoms with Crippen molar-refractivity contribution in [2.24, 2.45) is 5.41 Å². The fourth-order valence-electron chi connectivity index (χ4n) is 2.25. The maximum absolute atomic E-state index is 12.2. The van der Waals surface area contributed by atoms with Crippen molar-refractivity contribution < 1.29 is 27.5 Å². The van der Waals surface area contributed by atoms with Crippen LogP contribution in [-0.4, -0.2) is 56.7 Å². The predicted molar refractivity (Wildman–Crippen MR) is 101 cm³/mol. The van der Waals surface area contributed by atoms with Crippen LogP contribution >= 0.6 is 23.2 Å². The second-order valence-corrected chi connectivity index (χ2v) is 10.1. The summed E-state index contributed by atoms with van der Waals surface area (Å²) in [6.07, 6.45) is 0.238. The van der Waals surface area contributed by atoms with Crippen LogP contribution in [0.15, 0.2) is 23.1 Å². The Bertz CT molecular complexity index is 872. The summed E-state index contributed by atoms with van der Waals surface area (Å²) in [7, 11) is 0.461. The Hall–Kier alpha value is -1.55. The number of ether oxygens (including phenoxy) is 2. The van der Waals surface area contributed by atoms with Gasteiger partial charge in [-0.3, -0.25) is 9.59 Å². The molecule has 0 radical (unpaired) electrons. The molecule has 150 valence electrons. The van der Waals surface area contributed by atoms with Crippen LogP contribution in [0.25, 0.3) is 0 Å². The molecule has 1 fully saturated rings. The lowest BCUT2D eigenvalue weighted by Crippen LogP contribution is -2.27. The summed E-state index contributed by atoms with van der Waals surface area (Å²) in [6, 6.07) is 4.04. The van der Waals surface area contributed by atoms with Crippen molar-refractivity contribution in [3.63, 3.8) is 0 Å². The molecule has 2 rings (SSSR count). The molecule has 0 heterocycles. The Morgan fingerprint density at radius 3 is 2.37 bits per heavy atom. The first-order valence-corrected chi connectivity index (χ1v) is 10.0. The topological polar surface area (TPSA) is 102 Å². The molecule has 1 aromatic rings. The molecule has 1 amide bonds. The number of carbonyl (C=O) groups excluding carboxylic acids is 2. The van der Waals surface area contributed by atoms with Gasteiger partial charge in [-0.1, -0.05) is 0 Å². The van der Waals surface area contributed by atoms with Gasteiger partial charge in [0.15, 0.2) is 6.61 Å². The van der Waals surface area contributed by atoms with Crippen LogP contribution in [0.3, 0.4) is 0 Å². The van der Waals surface area contributed by atoms with E-state index in [0.717, 1.165) is 4.31 Å². The van der Waals surface area contributed by atoms with Crippen LogP contribution < -0.4 is 10.1 Å². The minimum atomic E-state index is -3.70. The van der Waals surface area contributed by atoms with Crippen molar-refractivity contribution in [2.75, 3.05) is 33.1 Å². The number of halogens is 2. The van der Waals surface area contributed by atoms with Gasteiger partial charge in [-0.05, 0) is 25.1 Å². The van der Waals surface area contributed by atoms with Gasteiger partial charge in [-0.15, -0.1) is 23.2 Å². The van der Waals surface area contributed by atoms with E-state index < -0.39 is 38.3 Å². The molecule has 1 atom stereocenters. The average Bonchev–Trinajstić information content (AvgIpc) is 3.11. The molecule has 1 N–H and O–H groups in total. The molecule has 0 aromatic heterocycles. The lowest BCUT2D eigenvalue weighted by molar-refractivity contribution is -0.152. The second kappa shape index (κ2) is 7.46. The van der Waals surface area contributed by atoms with E-state index in [4.69, 9.17) is 32.7 Å². The summed E-state index contributed by atoms with van der Waals surface area (Å²) in [6.45, 7) is 0.970. The zero-order valence-corrected chi connectivity index (χ0v) is 17.5. The predicted octanol–water partition coefficient (Wildman–Crippen LogP) is 2.01. The fourth-order valence-corrected chi connectivity index (χ4v) is 3.87. The highest BCUT2D eigenvalue weighted by Crippen LogP contribution is 2.64. The fraction of sp³-hybridized carbons (Fsp3) is 0.500. The van der Waals surface area contributed by atoms with Crippen LogP contribution in [0.4, 0.5) is 5.69 Å². The molecule has 0 saturated heterocycles. The van der Waals surface area contributed by atoms with Gasteiger partial charge in [0, 0.05) is 20.5 Å². The van der Waals surface area contributed by atoms with Gasteiger partial charge < -0.3 is 14.8 Å². The van der Waals surface area contributed by atoms with Gasteiger partial charge in [0.1, 0.15) is 15.5 Å². The summed E-state index contributed by atoms with van der Waals surface area (Å²) in [5.41, 5.74) is -0.920. The average molecular weight is 439 g/mol. The lowest BCUT2D eigenvalue weighted by Gasteiger charge is -2.15. The monoisotopic (exact) mass is 438 g/mol. The normalized spacial score (nSPS) is 20.9. The van der Waals surface area contributed by atoms with Crippen molar-refractivity contribution in [1.82, 2.24) is 4.31 Å². The first kappa shape index (κ1) is 21.7. The molecule has 11 heteroatoms. The van der Waals surface area contributed by atoms with E-state index in [9.17, 15) is 18.0 Å². The summed E-state index contributed by atoms with van der Waals surface area (Å²) in [5, 5.41) is 2.47. The van der Waals surface area contributed by atoms with Gasteiger partial charge in [-0.25, -0.2) is 12.7 Å². The Kier molecular flexibility index (Phi) is 6.01. The number of esters is 1. The summed E-state index contributed by atoms with van der Waals surface area (Å²) in [5.74, 6) is -1.10. The quantitative estimate of drug-likeness (QED) is 0.515. The van der Waals surface area contributed by atoms with E-state index in [1.165, 1.54) is 39.4 Å². The van der Waals surface area contributed by atoms with Crippen LogP contribution in [-0.2, 0) is 24.3 Å². The number of amides is 1. The van der Waals surface area contributed by atoms with Gasteiger partial charge in [0.05, 0.1) is 17.7 Å². The number of methoxy groups -OCH3 is 1. The second-order valence-electron chi connectivity index (χ2n) is 6.49. The maximum atomic E-state index is 12.2. The lowest BCUT2D eigenvalue weighted by atomic mass is 10.1. The van der Waals surface area contributed by atoms with Crippen molar-refractivity contribution in [1.29, 1.82) is 0 Å². The molecule has 1 aromatic carbocycles. The van der Waals surface area contributed by atoms with Crippen LogP contribution in [0.2, 0.25) is 0 Å². The van der Waals surface area contributed by atoms with E-state index in [-0.39, 0.29) is 22.8 Å². The highest BCUT2D eigenvalue weighted by molar-refractivity contribution is 7.89. The van der Waals surface area contributed by atoms with E-state index in [2.05, 4.69) is 5.32 Å². The molecule has 1 aliphatic carbocycles. The zero-order valence-electron chi connectivity index (χ0n) is 15.2. The standard InChI is InChI=1S/C16H20Cl2N2O6S/c1-15(9-16(15,17)18)14(22)26-8-13(21)19-11-7-10(5-6-12(11)25-4)27(23,24)20(2)3/h5-7H,8-9H2,1-4H3,(H,19,21). The first-order valence-electron chi connectivity index (χ1n) is 7.80. The van der Waals surface area contributed by atoms with Gasteiger partial charge in [0.25, 0.3) is 5.91 Å². The molecule has 1 aliphatic rings. The number of hydrogen-bond donors (Lipinski definition) is 1. The summed E-state index contributed by atoms with van der Waals surface area (Å²) in [4.78, 5) is 24.1. The van der Waals surface area contributed by atoms with Gasteiger partial charge in [-0.2, -0.15) is 0 Å². The van der Waals surface area contributed by atoms with Crippen molar-refractivity contribution in [3.8, 4) is 5.75 Å². The van der Waals surface area contributed by atoms with Crippen molar-refractivity contribution in [3.05, 3.63) is 18.2 Å². The number of sulfonamides is 1. The molecule has 1 saturated carbocycles. The Morgan fingerprint density at radius 2 is 1.89 bits per heavy atom. The van der Waals surface area contributed by atoms with Crippen LogP contribution in [0, 0.1) is 5.41 Å². The van der Waals surface area contributed by atoms with Gasteiger partial charge >= 0.3 is 5.97 Å². The molecular formula is C16H20Cl2N2O6S. The third kappa shape index (κ3) is 4.31. The van der Waals surface area contributed by atoms with Crippen molar-refractivity contribution >= 4 is 50.8 Å². The molecule has 27 heavy (non-hydrogen) atoms. The third-order valence-electron chi connectivity index (χ3n) is 4.27. The Morgan fingerprint density at radius 1 is 1.30 bits per heavy atom. The summed E-state index contributed by atoms with van der Waals surface area (Å²) >= 11 is 11.8. The Balaban J connectivity index is 2.09. The molecular weight excluding hydrogens is 419 g/mol. The summed E-state index contributed by atoms with van der Waals surface area (Å²) < 4.78 is 34.4. The number of benzene rings is 1. The van der Waals surface area contributed by atoms with Gasteiger partial charge in [0.2, 0.25) is 10.0 Å². The van der Waals surface area contributed by atoms with E-state index >= 15 is 0 Å². The zero-order chi connectivity index (χ0) is 20.6. The first-order chi connectivity index (χ1) is 12.3. The van der Waals surface area contributed by atoms with E-state index in [1.807, 2.05) is 0 Å². The number of carbonyl (C=O) groups is 2. The number of hydrogen-bond acceptors (Lipinski definition) is 6. The minimum Gasteiger partial charge on any atom is -0.495 e. The van der Waals surface area contributed by atoms with E-state index in [0.29, 0.717) is 0 Å². The smallest absolute Gasteiger partial charge is 0.315 e. The molecule has 0 bridgehead atoms. The largest absolute Gasteiger partial charge is 0.495 e. The highest BCUT2D eigenvalue weighted by atomic mass is 35.5. The maximum Gasteiger partial charge on any atom is 0.315 e. The molecule has 8 nitrogen and oxygen atoms in total. The highest BCUT2D eigenvalue weighted by Gasteiger charge is 2.69. The third-order valence-corrected chi connectivity index (χ3v) is 7.18. The molecule has 1 unspecified atom stereocenters.